The van der Waals surface area contributed by atoms with E-state index in [1.807, 2.05) is 36.4 Å². The Bertz CT molecular complexity index is 944. The normalized spacial score (nSPS) is 26.8. The summed E-state index contributed by atoms with van der Waals surface area (Å²) in [5.74, 6) is 0.685. The van der Waals surface area contributed by atoms with Crippen molar-refractivity contribution in [2.24, 2.45) is 11.8 Å². The van der Waals surface area contributed by atoms with E-state index < -0.39 is 11.5 Å². The molecule has 6 heteroatoms. The molecule has 6 nitrogen and oxygen atoms in total. The van der Waals surface area contributed by atoms with E-state index in [0.29, 0.717) is 17.1 Å². The molecule has 0 spiro atoms. The van der Waals surface area contributed by atoms with E-state index in [-0.39, 0.29) is 23.7 Å². The van der Waals surface area contributed by atoms with Gasteiger partial charge in [-0.2, -0.15) is 0 Å². The first kappa shape index (κ1) is 20.3. The van der Waals surface area contributed by atoms with Crippen molar-refractivity contribution in [2.45, 2.75) is 30.7 Å². The van der Waals surface area contributed by atoms with Crippen LogP contribution in [0.2, 0.25) is 0 Å². The molecule has 30 heavy (non-hydrogen) atoms. The highest BCUT2D eigenvalue weighted by Crippen LogP contribution is 2.59. The van der Waals surface area contributed by atoms with Crippen LogP contribution in [0.4, 0.5) is 0 Å². The average molecular weight is 409 g/mol. The number of carbonyl (C=O) groups excluding carboxylic acids is 2. The molecule has 0 aromatic heterocycles. The number of hydrogen-bond donors (Lipinski definition) is 1. The fourth-order valence-electron chi connectivity index (χ4n) is 5.48. The summed E-state index contributed by atoms with van der Waals surface area (Å²) < 4.78 is 16.1. The molecule has 1 N–H and O–H groups in total. The second-order valence-electron chi connectivity index (χ2n) is 8.04. The molecular weight excluding hydrogens is 382 g/mol. The second kappa shape index (κ2) is 8.01. The predicted molar refractivity (Wildman–Crippen MR) is 112 cm³/mol. The van der Waals surface area contributed by atoms with E-state index in [9.17, 15) is 9.59 Å². The monoisotopic (exact) mass is 409 g/mol. The van der Waals surface area contributed by atoms with Crippen molar-refractivity contribution in [3.63, 3.8) is 0 Å². The highest BCUT2D eigenvalue weighted by Gasteiger charge is 2.64. The summed E-state index contributed by atoms with van der Waals surface area (Å²) >= 11 is 0. The number of nitrogens with one attached hydrogen (secondary N) is 1. The van der Waals surface area contributed by atoms with Crippen LogP contribution in [0.1, 0.15) is 41.1 Å². The molecule has 1 amide bonds. The van der Waals surface area contributed by atoms with Crippen molar-refractivity contribution in [3.8, 4) is 11.5 Å². The number of esters is 1. The Morgan fingerprint density at radius 2 is 1.70 bits per heavy atom. The first-order chi connectivity index (χ1) is 14.5. The summed E-state index contributed by atoms with van der Waals surface area (Å²) in [7, 11) is 4.57. The number of benzene rings is 2. The van der Waals surface area contributed by atoms with Gasteiger partial charge in [-0.25, -0.2) is 4.79 Å². The highest BCUT2D eigenvalue weighted by atomic mass is 16.5. The van der Waals surface area contributed by atoms with Gasteiger partial charge >= 0.3 is 5.97 Å². The number of methoxy groups -OCH3 is 3. The summed E-state index contributed by atoms with van der Waals surface area (Å²) in [6.07, 6.45) is 2.78. The molecule has 0 radical (unpaired) electrons. The van der Waals surface area contributed by atoms with Gasteiger partial charge in [-0.1, -0.05) is 24.3 Å². The molecule has 0 aliphatic heterocycles. The van der Waals surface area contributed by atoms with Gasteiger partial charge in [-0.05, 0) is 60.9 Å². The number of carbonyl (C=O) groups is 2. The van der Waals surface area contributed by atoms with Crippen LogP contribution in [0.5, 0.6) is 11.5 Å². The minimum absolute atomic E-state index is 0.0284. The second-order valence-corrected chi connectivity index (χ2v) is 8.04. The fourth-order valence-corrected chi connectivity index (χ4v) is 5.48. The molecule has 0 heterocycles. The van der Waals surface area contributed by atoms with Gasteiger partial charge in [0, 0.05) is 11.5 Å². The lowest BCUT2D eigenvalue weighted by Gasteiger charge is -2.42. The van der Waals surface area contributed by atoms with Crippen LogP contribution in [0.25, 0.3) is 0 Å². The highest BCUT2D eigenvalue weighted by molar-refractivity contribution is 5.99. The number of fused-ring (bicyclic) bond motifs is 2. The Balaban J connectivity index is 1.79. The van der Waals surface area contributed by atoms with Crippen molar-refractivity contribution < 1.29 is 23.8 Å². The lowest BCUT2D eigenvalue weighted by molar-refractivity contribution is -0.151. The maximum Gasteiger partial charge on any atom is 0.332 e. The van der Waals surface area contributed by atoms with Crippen LogP contribution < -0.4 is 14.8 Å². The largest absolute Gasteiger partial charge is 0.493 e. The Hall–Kier alpha value is -3.02. The van der Waals surface area contributed by atoms with Crippen LogP contribution in [0, 0.1) is 11.8 Å². The summed E-state index contributed by atoms with van der Waals surface area (Å²) in [5.41, 5.74) is 0.359. The van der Waals surface area contributed by atoms with Gasteiger partial charge in [0.05, 0.1) is 21.3 Å². The van der Waals surface area contributed by atoms with E-state index in [0.717, 1.165) is 24.8 Å². The van der Waals surface area contributed by atoms with Gasteiger partial charge in [0.1, 0.15) is 5.54 Å². The molecule has 4 rings (SSSR count). The molecule has 2 bridgehead atoms. The maximum absolute atomic E-state index is 13.3. The molecule has 158 valence electrons. The predicted octanol–water partition coefficient (Wildman–Crippen LogP) is 3.56. The summed E-state index contributed by atoms with van der Waals surface area (Å²) in [6.45, 7) is 0. The van der Waals surface area contributed by atoms with Crippen molar-refractivity contribution >= 4 is 11.9 Å². The van der Waals surface area contributed by atoms with Crippen LogP contribution in [-0.4, -0.2) is 38.7 Å². The number of amides is 1. The zero-order valence-corrected chi connectivity index (χ0v) is 17.5. The van der Waals surface area contributed by atoms with E-state index in [1.54, 1.807) is 26.4 Å². The SMILES string of the molecule is COC(=O)[C@@]1(NC(=O)c2ccccc2)[C@@H]2CC[C@@H](C2)[C@@H]1c1ccc(OC)c(OC)c1. The summed E-state index contributed by atoms with van der Waals surface area (Å²) in [5, 5.41) is 3.12. The van der Waals surface area contributed by atoms with E-state index in [4.69, 9.17) is 14.2 Å². The van der Waals surface area contributed by atoms with Crippen LogP contribution in [0.15, 0.2) is 48.5 Å². The molecule has 2 aliphatic rings. The molecule has 2 aromatic carbocycles. The van der Waals surface area contributed by atoms with Crippen LogP contribution >= 0.6 is 0 Å². The number of hydrogen-bond acceptors (Lipinski definition) is 5. The van der Waals surface area contributed by atoms with E-state index >= 15 is 0 Å². The van der Waals surface area contributed by atoms with Crippen LogP contribution in [0.3, 0.4) is 0 Å². The summed E-state index contributed by atoms with van der Waals surface area (Å²) in [6, 6.07) is 14.7. The molecule has 0 saturated heterocycles. The molecular formula is C24H27NO5. The average Bonchev–Trinajstić information content (AvgIpc) is 3.39. The third-order valence-corrected chi connectivity index (χ3v) is 6.73. The van der Waals surface area contributed by atoms with E-state index in [2.05, 4.69) is 5.32 Å². The Morgan fingerprint density at radius 1 is 0.967 bits per heavy atom. The first-order valence-electron chi connectivity index (χ1n) is 10.2. The minimum Gasteiger partial charge on any atom is -0.493 e. The van der Waals surface area contributed by atoms with Crippen LogP contribution in [-0.2, 0) is 9.53 Å². The lowest BCUT2D eigenvalue weighted by Crippen LogP contribution is -2.62. The van der Waals surface area contributed by atoms with Gasteiger partial charge in [0.25, 0.3) is 5.91 Å². The molecule has 2 aromatic rings. The third kappa shape index (κ3) is 3.11. The standard InChI is InChI=1S/C24H27NO5/c1-28-19-12-10-17(14-20(19)29-2)21-16-9-11-18(13-16)24(21,23(27)30-3)25-22(26)15-7-5-4-6-8-15/h4-8,10,12,14,16,18,21H,9,11,13H2,1-3H3,(H,25,26)/t16-,18+,21+,24+/m0/s1. The smallest absolute Gasteiger partial charge is 0.332 e. The molecule has 0 unspecified atom stereocenters. The van der Waals surface area contributed by atoms with Crippen molar-refractivity contribution in [2.75, 3.05) is 21.3 Å². The van der Waals surface area contributed by atoms with Gasteiger partial charge in [-0.15, -0.1) is 0 Å². The van der Waals surface area contributed by atoms with Gasteiger partial charge in [-0.3, -0.25) is 4.79 Å². The summed E-state index contributed by atoms with van der Waals surface area (Å²) in [4.78, 5) is 26.4. The first-order valence-corrected chi connectivity index (χ1v) is 10.2. The van der Waals surface area contributed by atoms with Gasteiger partial charge < -0.3 is 19.5 Å². The minimum atomic E-state index is -1.11. The zero-order chi connectivity index (χ0) is 21.3. The maximum atomic E-state index is 13.3. The number of rotatable bonds is 6. The fraction of sp³-hybridized carbons (Fsp3) is 0.417. The number of ether oxygens (including phenoxy) is 3. The van der Waals surface area contributed by atoms with Crippen molar-refractivity contribution in [1.29, 1.82) is 0 Å². The van der Waals surface area contributed by atoms with Crippen molar-refractivity contribution in [1.82, 2.24) is 5.32 Å². The van der Waals surface area contributed by atoms with Gasteiger partial charge in [0.2, 0.25) is 0 Å². The Kier molecular flexibility index (Phi) is 5.41. The Morgan fingerprint density at radius 3 is 2.37 bits per heavy atom. The quantitative estimate of drug-likeness (QED) is 0.739. The lowest BCUT2D eigenvalue weighted by atomic mass is 9.69. The molecule has 4 atom stereocenters. The Labute approximate surface area is 176 Å². The molecule has 2 aliphatic carbocycles. The van der Waals surface area contributed by atoms with Crippen molar-refractivity contribution in [3.05, 3.63) is 59.7 Å². The molecule has 2 fully saturated rings. The van der Waals surface area contributed by atoms with E-state index in [1.165, 1.54) is 7.11 Å². The third-order valence-electron chi connectivity index (χ3n) is 6.73. The topological polar surface area (TPSA) is 73.9 Å². The zero-order valence-electron chi connectivity index (χ0n) is 17.5. The molecule has 2 saturated carbocycles. The van der Waals surface area contributed by atoms with Gasteiger partial charge in [0.15, 0.2) is 11.5 Å².